The fourth-order valence-electron chi connectivity index (χ4n) is 0. The van der Waals surface area contributed by atoms with Crippen molar-refractivity contribution in [1.82, 2.24) is 0 Å². The molecule has 0 heterocycles. The van der Waals surface area contributed by atoms with Crippen LogP contribution >= 0.6 is 0 Å². The van der Waals surface area contributed by atoms with E-state index in [1.54, 1.807) is 0 Å². The molecule has 0 saturated heterocycles. The van der Waals surface area contributed by atoms with Crippen LogP contribution in [0.3, 0.4) is 0 Å². The monoisotopic (exact) mass is 94.1 g/mol. The van der Waals surface area contributed by atoms with Crippen molar-refractivity contribution >= 4 is 36.9 Å². The molecule has 0 spiro atoms. The maximum absolute atomic E-state index is 7.17. The molecule has 0 saturated carbocycles. The Balaban J connectivity index is -0.00000000450. The Morgan fingerprint density at radius 1 is 1.20 bits per heavy atom. The Labute approximate surface area is 58.0 Å². The van der Waals surface area contributed by atoms with Crippen molar-refractivity contribution < 1.29 is 20.8 Å². The van der Waals surface area contributed by atoms with E-state index in [1.807, 2.05) is 0 Å². The first-order valence-electron chi connectivity index (χ1n) is 0.775. The Kier molecular flexibility index (Phi) is 9.24. The maximum atomic E-state index is 7.17. The van der Waals surface area contributed by atoms with Gasteiger partial charge in [0.05, 0.1) is 0 Å². The van der Waals surface area contributed by atoms with Gasteiger partial charge in [-0.2, -0.15) is 0 Å². The van der Waals surface area contributed by atoms with Crippen LogP contribution in [0.15, 0.2) is 0 Å². The van der Waals surface area contributed by atoms with Crippen LogP contribution in [0.25, 0.3) is 0 Å². The van der Waals surface area contributed by atoms with E-state index in [9.17, 15) is 0 Å². The molecule has 0 aromatic rings. The van der Waals surface area contributed by atoms with Crippen LogP contribution in [0.1, 0.15) is 5.71 Å². The van der Waals surface area contributed by atoms with Gasteiger partial charge in [-0.15, -0.1) is 0 Å². The molecule has 0 radical (unpaired) electrons. The predicted molar refractivity (Wildman–Crippen MR) is 28.0 cm³/mol. The van der Waals surface area contributed by atoms with Gasteiger partial charge in [-0.25, -0.2) is 0 Å². The molecule has 0 fully saturated rings. The van der Waals surface area contributed by atoms with Gasteiger partial charge in [0.2, 0.25) is 0 Å². The van der Waals surface area contributed by atoms with E-state index in [-0.39, 0.29) is 35.3 Å². The quantitative estimate of drug-likeness (QED) is 0.313. The normalized spacial score (nSPS) is 5.40. The number of hydrogen-bond acceptors (Lipinski definition) is 3. The zero-order valence-corrected chi connectivity index (χ0v) is 1.92. The first kappa shape index (κ1) is 9.34. The van der Waals surface area contributed by atoms with E-state index in [1.165, 1.54) is 0 Å². The molecule has 3 N–H and O–H groups in total. The van der Waals surface area contributed by atoms with E-state index in [2.05, 4.69) is 0 Å². The van der Waals surface area contributed by atoms with Gasteiger partial charge >= 0.3 is 36.9 Å². The van der Waals surface area contributed by atoms with E-state index in [4.69, 9.17) is 15.1 Å². The van der Waals surface area contributed by atoms with Crippen LogP contribution in [0.4, 0.5) is 0 Å². The van der Waals surface area contributed by atoms with Crippen molar-refractivity contribution in [3.8, 4) is 0 Å². The molecule has 3 nitrogen and oxygen atoms in total. The topological polar surface area (TPSA) is 60.7 Å². The summed E-state index contributed by atoms with van der Waals surface area (Å²) in [5.41, 5.74) is 0. The number of rotatable bonds is 0. The Morgan fingerprint density at radius 3 is 1.20 bits per heavy atom. The number of hydrogen-bond donors (Lipinski definition) is 3. The third kappa shape index (κ3) is 48.0. The van der Waals surface area contributed by atoms with E-state index >= 15 is 0 Å². The average molecular weight is 93.9 g/mol. The summed E-state index contributed by atoms with van der Waals surface area (Å²) in [5.74, 6) is 0. The van der Waals surface area contributed by atoms with Crippen molar-refractivity contribution in [3.63, 3.8) is 0 Å². The van der Waals surface area contributed by atoms with Crippen LogP contribution in [-0.2, 0) is 0 Å². The van der Waals surface area contributed by atoms with Crippen LogP contribution in [0.2, 0.25) is 0 Å². The minimum absolute atomic E-state index is 0. The molecule has 0 amide bonds. The molecule has 0 aliphatic carbocycles. The fraction of sp³-hybridized carbons (Fsp3) is 0. The summed E-state index contributed by atoms with van der Waals surface area (Å²) < 4.78 is 0. The summed E-state index contributed by atoms with van der Waals surface area (Å²) in [7, 11) is -2.17. The van der Waals surface area contributed by atoms with E-state index < -0.39 is 7.32 Å². The van der Waals surface area contributed by atoms with Crippen LogP contribution in [0.5, 0.6) is 0 Å². The Morgan fingerprint density at radius 2 is 1.20 bits per heavy atom. The molecule has 0 aromatic carbocycles. The summed E-state index contributed by atoms with van der Waals surface area (Å²) in [6.45, 7) is 0. The van der Waals surface area contributed by atoms with E-state index in [0.29, 0.717) is 0 Å². The molecule has 0 aliphatic heterocycles. The zero-order valence-electron chi connectivity index (χ0n) is 1.92. The van der Waals surface area contributed by atoms with Crippen molar-refractivity contribution in [2.75, 3.05) is 0 Å². The van der Waals surface area contributed by atoms with Gasteiger partial charge in [0.25, 0.3) is 0 Å². The molecule has 5 heavy (non-hydrogen) atoms. The standard InChI is InChI=1S/BH3O3.Na.4H2.H/c2-1(3)4;;;;;;/h2-4H;;4*1H;. The zero-order chi connectivity index (χ0) is 3.58. The van der Waals surface area contributed by atoms with Gasteiger partial charge in [0, 0.05) is 5.71 Å². The summed E-state index contributed by atoms with van der Waals surface area (Å²) in [4.78, 5) is 0. The molecule has 0 rings (SSSR count). The SMILES string of the molecule is OB(O)O.[HH].[HH].[HH].[HH].[NaH]. The summed E-state index contributed by atoms with van der Waals surface area (Å²) in [6.07, 6.45) is 0. The summed E-state index contributed by atoms with van der Waals surface area (Å²) >= 11 is 0. The van der Waals surface area contributed by atoms with Gasteiger partial charge in [0.1, 0.15) is 0 Å². The molecule has 0 unspecified atom stereocenters. The molecule has 0 aliphatic rings. The van der Waals surface area contributed by atoms with Gasteiger partial charge < -0.3 is 15.1 Å². The second-order valence-corrected chi connectivity index (χ2v) is 0.346. The van der Waals surface area contributed by atoms with Crippen LogP contribution < -0.4 is 0 Å². The summed E-state index contributed by atoms with van der Waals surface area (Å²) in [5, 5.41) is 21.5. The predicted octanol–water partition coefficient (Wildman–Crippen LogP) is -1.72. The minimum atomic E-state index is -2.17. The first-order chi connectivity index (χ1) is 1.73. The Hall–Kier alpha value is 0.945. The molecule has 34 valence electrons. The molecular weight excluding hydrogens is 81.8 g/mol. The van der Waals surface area contributed by atoms with Crippen molar-refractivity contribution in [2.24, 2.45) is 0 Å². The molecule has 0 atom stereocenters. The first-order valence-corrected chi connectivity index (χ1v) is 0.775. The van der Waals surface area contributed by atoms with Crippen LogP contribution in [0, 0.1) is 0 Å². The van der Waals surface area contributed by atoms with E-state index in [0.717, 1.165) is 0 Å². The second kappa shape index (κ2) is 4.94. The average Bonchev–Trinajstić information content (AvgIpc) is 0.811. The van der Waals surface area contributed by atoms with Crippen molar-refractivity contribution in [2.45, 2.75) is 0 Å². The summed E-state index contributed by atoms with van der Waals surface area (Å²) in [6, 6.07) is 0. The molecule has 0 bridgehead atoms. The Bertz CT molecular complexity index is 20.5. The molecule has 5 heteroatoms. The van der Waals surface area contributed by atoms with Gasteiger partial charge in [-0.05, 0) is 0 Å². The van der Waals surface area contributed by atoms with Crippen molar-refractivity contribution in [3.05, 3.63) is 0 Å². The second-order valence-electron chi connectivity index (χ2n) is 0.346. The van der Waals surface area contributed by atoms with Gasteiger partial charge in [0.15, 0.2) is 0 Å². The van der Waals surface area contributed by atoms with Gasteiger partial charge in [-0.1, -0.05) is 0 Å². The van der Waals surface area contributed by atoms with Crippen molar-refractivity contribution in [1.29, 1.82) is 0 Å². The fourth-order valence-corrected chi connectivity index (χ4v) is 0. The van der Waals surface area contributed by atoms with Crippen LogP contribution in [-0.4, -0.2) is 52.0 Å². The molecular formula is H12BNaO3. The molecule has 0 aromatic heterocycles. The third-order valence-corrected chi connectivity index (χ3v) is 0. The third-order valence-electron chi connectivity index (χ3n) is 0. The van der Waals surface area contributed by atoms with Gasteiger partial charge in [-0.3, -0.25) is 0 Å².